The van der Waals surface area contributed by atoms with E-state index in [0.29, 0.717) is 17.9 Å². The number of carbonyl (C=O) groups excluding carboxylic acids is 1. The maximum atomic E-state index is 13.4. The first-order valence-electron chi connectivity index (χ1n) is 10.3. The molecule has 0 heterocycles. The maximum Gasteiger partial charge on any atom is 0.264 e. The van der Waals surface area contributed by atoms with Gasteiger partial charge in [-0.25, -0.2) is 13.8 Å². The first-order valence-corrected chi connectivity index (χ1v) is 11.8. The van der Waals surface area contributed by atoms with Gasteiger partial charge in [-0.2, -0.15) is 5.10 Å². The van der Waals surface area contributed by atoms with E-state index < -0.39 is 22.5 Å². The first kappa shape index (κ1) is 24.6. The van der Waals surface area contributed by atoms with E-state index in [0.717, 1.165) is 4.31 Å². The molecule has 2 N–H and O–H groups in total. The van der Waals surface area contributed by atoms with Gasteiger partial charge in [-0.3, -0.25) is 9.10 Å². The maximum absolute atomic E-state index is 13.4. The molecule has 3 aromatic carbocycles. The predicted molar refractivity (Wildman–Crippen MR) is 129 cm³/mol. The number of methoxy groups -OCH3 is 1. The molecule has 0 radical (unpaired) electrons. The fourth-order valence-electron chi connectivity index (χ4n) is 3.08. The molecule has 0 fully saturated rings. The van der Waals surface area contributed by atoms with E-state index in [1.165, 1.54) is 31.5 Å². The summed E-state index contributed by atoms with van der Waals surface area (Å²) in [4.78, 5) is 12.7. The summed E-state index contributed by atoms with van der Waals surface area (Å²) in [5.41, 5.74) is 3.12. The number of phenols is 1. The molecule has 9 nitrogen and oxygen atoms in total. The molecule has 10 heteroatoms. The van der Waals surface area contributed by atoms with Crippen molar-refractivity contribution in [3.05, 3.63) is 78.4 Å². The van der Waals surface area contributed by atoms with Gasteiger partial charge < -0.3 is 14.6 Å². The fraction of sp³-hybridized carbons (Fsp3) is 0.167. The molecule has 3 rings (SSSR count). The summed E-state index contributed by atoms with van der Waals surface area (Å²) in [6.45, 7) is 1.63. The number of hydrazone groups is 1. The monoisotopic (exact) mass is 483 g/mol. The largest absolute Gasteiger partial charge is 0.504 e. The molecule has 0 aliphatic rings. The number of hydrogen-bond acceptors (Lipinski definition) is 7. The number of sulfonamides is 1. The Labute approximate surface area is 198 Å². The van der Waals surface area contributed by atoms with E-state index in [-0.39, 0.29) is 22.1 Å². The Morgan fingerprint density at radius 1 is 1.06 bits per heavy atom. The van der Waals surface area contributed by atoms with Gasteiger partial charge in [0, 0.05) is 0 Å². The lowest BCUT2D eigenvalue weighted by Crippen LogP contribution is -2.39. The zero-order chi connectivity index (χ0) is 24.6. The number of amides is 1. The summed E-state index contributed by atoms with van der Waals surface area (Å²) < 4.78 is 38.4. The number of para-hydroxylation sites is 2. The Balaban J connectivity index is 1.83. The molecule has 0 aliphatic heterocycles. The Kier molecular flexibility index (Phi) is 8.10. The van der Waals surface area contributed by atoms with E-state index >= 15 is 0 Å². The molecule has 3 aromatic rings. The van der Waals surface area contributed by atoms with E-state index in [1.54, 1.807) is 61.5 Å². The summed E-state index contributed by atoms with van der Waals surface area (Å²) in [5, 5.41) is 13.7. The molecular weight excluding hydrogens is 458 g/mol. The molecule has 0 atom stereocenters. The number of nitrogens with one attached hydrogen (secondary N) is 1. The van der Waals surface area contributed by atoms with Crippen LogP contribution in [-0.2, 0) is 14.8 Å². The van der Waals surface area contributed by atoms with Gasteiger partial charge in [-0.05, 0) is 55.0 Å². The third kappa shape index (κ3) is 5.84. The number of hydrogen-bond donors (Lipinski definition) is 2. The number of nitrogens with zero attached hydrogens (tertiary/aromatic N) is 2. The van der Waals surface area contributed by atoms with Crippen LogP contribution in [0.3, 0.4) is 0 Å². The van der Waals surface area contributed by atoms with Crippen LogP contribution in [0, 0.1) is 0 Å². The van der Waals surface area contributed by atoms with Crippen molar-refractivity contribution in [2.75, 3.05) is 24.6 Å². The SMILES string of the molecule is CCOc1cc(/C=N\NC(=O)CN(c2ccccc2OC)S(=O)(=O)c2ccccc2)ccc1O. The Hall–Kier alpha value is -4.05. The third-order valence-electron chi connectivity index (χ3n) is 4.66. The molecule has 1 amide bonds. The normalized spacial score (nSPS) is 11.2. The standard InChI is InChI=1S/C24H25N3O6S/c1-3-33-23-15-18(13-14-21(23)28)16-25-26-24(29)17-27(20-11-7-8-12-22(20)32-2)34(30,31)19-9-5-4-6-10-19/h4-16,28H,3,17H2,1-2H3,(H,26,29)/b25-16-. The topological polar surface area (TPSA) is 118 Å². The zero-order valence-electron chi connectivity index (χ0n) is 18.7. The molecule has 0 aliphatic carbocycles. The summed E-state index contributed by atoms with van der Waals surface area (Å²) in [6, 6.07) is 18.9. The number of ether oxygens (including phenoxy) is 2. The summed E-state index contributed by atoms with van der Waals surface area (Å²) in [5.74, 6) is -0.0907. The van der Waals surface area contributed by atoms with E-state index in [4.69, 9.17) is 9.47 Å². The lowest BCUT2D eigenvalue weighted by molar-refractivity contribution is -0.119. The average molecular weight is 484 g/mol. The van der Waals surface area contributed by atoms with Crippen molar-refractivity contribution >= 4 is 27.8 Å². The Bertz CT molecular complexity index is 1260. The lowest BCUT2D eigenvalue weighted by Gasteiger charge is -2.25. The van der Waals surface area contributed by atoms with Gasteiger partial charge in [0.2, 0.25) is 0 Å². The van der Waals surface area contributed by atoms with Gasteiger partial charge in [0.15, 0.2) is 11.5 Å². The summed E-state index contributed by atoms with van der Waals surface area (Å²) in [7, 11) is -2.66. The molecule has 0 saturated heterocycles. The van der Waals surface area contributed by atoms with Gasteiger partial charge in [0.1, 0.15) is 12.3 Å². The van der Waals surface area contributed by atoms with Gasteiger partial charge in [0.25, 0.3) is 15.9 Å². The van der Waals surface area contributed by atoms with Crippen LogP contribution in [0.1, 0.15) is 12.5 Å². The first-order chi connectivity index (χ1) is 16.4. The molecular formula is C24H25N3O6S. The molecule has 0 spiro atoms. The van der Waals surface area contributed by atoms with Crippen LogP contribution >= 0.6 is 0 Å². The van der Waals surface area contributed by atoms with Crippen LogP contribution < -0.4 is 19.2 Å². The fourth-order valence-corrected chi connectivity index (χ4v) is 4.53. The highest BCUT2D eigenvalue weighted by molar-refractivity contribution is 7.92. The van der Waals surface area contributed by atoms with Crippen molar-refractivity contribution in [2.24, 2.45) is 5.10 Å². The van der Waals surface area contributed by atoms with Gasteiger partial charge >= 0.3 is 0 Å². The van der Waals surface area contributed by atoms with Crippen LogP contribution in [0.4, 0.5) is 5.69 Å². The van der Waals surface area contributed by atoms with Crippen LogP contribution in [0.5, 0.6) is 17.2 Å². The smallest absolute Gasteiger partial charge is 0.264 e. The lowest BCUT2D eigenvalue weighted by atomic mass is 10.2. The highest BCUT2D eigenvalue weighted by atomic mass is 32.2. The zero-order valence-corrected chi connectivity index (χ0v) is 19.5. The van der Waals surface area contributed by atoms with Crippen molar-refractivity contribution in [2.45, 2.75) is 11.8 Å². The van der Waals surface area contributed by atoms with Crippen LogP contribution in [-0.4, -0.2) is 45.9 Å². The number of anilines is 1. The number of phenolic OH excluding ortho intramolecular Hbond substituents is 1. The molecule has 0 bridgehead atoms. The second kappa shape index (κ2) is 11.2. The molecule has 178 valence electrons. The number of aromatic hydroxyl groups is 1. The van der Waals surface area contributed by atoms with Crippen molar-refractivity contribution in [1.29, 1.82) is 0 Å². The number of carbonyl (C=O) groups is 1. The van der Waals surface area contributed by atoms with Crippen molar-refractivity contribution < 1.29 is 27.8 Å². The summed E-state index contributed by atoms with van der Waals surface area (Å²) >= 11 is 0. The van der Waals surface area contributed by atoms with E-state index in [2.05, 4.69) is 10.5 Å². The van der Waals surface area contributed by atoms with Crippen LogP contribution in [0.2, 0.25) is 0 Å². The second-order valence-corrected chi connectivity index (χ2v) is 8.81. The van der Waals surface area contributed by atoms with Crippen molar-refractivity contribution in [3.8, 4) is 17.2 Å². The van der Waals surface area contributed by atoms with Crippen LogP contribution in [0.25, 0.3) is 0 Å². The van der Waals surface area contributed by atoms with Gasteiger partial charge in [-0.1, -0.05) is 30.3 Å². The number of rotatable bonds is 10. The molecule has 0 unspecified atom stereocenters. The molecule has 0 saturated carbocycles. The third-order valence-corrected chi connectivity index (χ3v) is 6.43. The predicted octanol–water partition coefficient (Wildman–Crippen LogP) is 3.15. The average Bonchev–Trinajstić information content (AvgIpc) is 2.85. The quantitative estimate of drug-likeness (QED) is 0.338. The minimum absolute atomic E-state index is 0.0124. The minimum Gasteiger partial charge on any atom is -0.504 e. The van der Waals surface area contributed by atoms with Gasteiger partial charge in [-0.15, -0.1) is 0 Å². The minimum atomic E-state index is -4.08. The van der Waals surface area contributed by atoms with E-state index in [9.17, 15) is 18.3 Å². The van der Waals surface area contributed by atoms with Gasteiger partial charge in [0.05, 0.1) is 30.5 Å². The molecule has 0 aromatic heterocycles. The number of benzene rings is 3. The Morgan fingerprint density at radius 2 is 1.76 bits per heavy atom. The van der Waals surface area contributed by atoms with Crippen molar-refractivity contribution in [3.63, 3.8) is 0 Å². The second-order valence-electron chi connectivity index (χ2n) is 6.95. The van der Waals surface area contributed by atoms with E-state index in [1.807, 2.05) is 0 Å². The highest BCUT2D eigenvalue weighted by Gasteiger charge is 2.29. The van der Waals surface area contributed by atoms with Crippen LogP contribution in [0.15, 0.2) is 82.8 Å². The summed E-state index contributed by atoms with van der Waals surface area (Å²) in [6.07, 6.45) is 1.36. The molecule has 34 heavy (non-hydrogen) atoms. The Morgan fingerprint density at radius 3 is 2.47 bits per heavy atom. The highest BCUT2D eigenvalue weighted by Crippen LogP contribution is 2.32. The van der Waals surface area contributed by atoms with Crippen molar-refractivity contribution in [1.82, 2.24) is 5.43 Å².